The lowest BCUT2D eigenvalue weighted by atomic mass is 10.1. The zero-order chi connectivity index (χ0) is 13.0. The van der Waals surface area contributed by atoms with Crippen molar-refractivity contribution in [2.75, 3.05) is 12.4 Å². The molecule has 0 spiro atoms. The molecule has 0 amide bonds. The van der Waals surface area contributed by atoms with E-state index in [1.54, 1.807) is 0 Å². The zero-order valence-corrected chi connectivity index (χ0v) is 10.6. The lowest BCUT2D eigenvalue weighted by Crippen LogP contribution is -2.18. The Balaban J connectivity index is 1.92. The van der Waals surface area contributed by atoms with Crippen LogP contribution in [-0.2, 0) is 16.1 Å². The van der Waals surface area contributed by atoms with Crippen LogP contribution >= 0.6 is 0 Å². The summed E-state index contributed by atoms with van der Waals surface area (Å²) in [6, 6.07) is 8.02. The summed E-state index contributed by atoms with van der Waals surface area (Å²) in [6.45, 7) is 0.0466. The summed E-state index contributed by atoms with van der Waals surface area (Å²) in [7, 11) is 1.44. The zero-order valence-electron chi connectivity index (χ0n) is 10.6. The molecule has 0 heterocycles. The molecule has 4 nitrogen and oxygen atoms in total. The second-order valence-electron chi connectivity index (χ2n) is 4.73. The highest BCUT2D eigenvalue weighted by Gasteiger charge is 2.30. The Labute approximate surface area is 107 Å². The smallest absolute Gasteiger partial charge is 0.308 e. The molecular weight excluding hydrogens is 230 g/mol. The van der Waals surface area contributed by atoms with E-state index < -0.39 is 0 Å². The third-order valence-electron chi connectivity index (χ3n) is 3.45. The number of carbonyl (C=O) groups excluding carboxylic acids is 1. The highest BCUT2D eigenvalue weighted by molar-refractivity contribution is 5.72. The fourth-order valence-electron chi connectivity index (χ4n) is 2.49. The minimum absolute atomic E-state index is 0.0218. The number of hydrogen-bond donors (Lipinski definition) is 2. The molecule has 1 fully saturated rings. The standard InChI is InChI=1S/C14H19NO3/c1-18-14(17)11-5-6-13(8-11)15-12-4-2-3-10(7-12)9-16/h2-4,7,11,13,15-16H,5-6,8-9H2,1H3. The summed E-state index contributed by atoms with van der Waals surface area (Å²) < 4.78 is 4.77. The van der Waals surface area contributed by atoms with Gasteiger partial charge in [-0.2, -0.15) is 0 Å². The number of hydrogen-bond acceptors (Lipinski definition) is 4. The van der Waals surface area contributed by atoms with Crippen LogP contribution < -0.4 is 5.32 Å². The molecular formula is C14H19NO3. The molecule has 0 saturated heterocycles. The van der Waals surface area contributed by atoms with E-state index >= 15 is 0 Å². The van der Waals surface area contributed by atoms with Crippen LogP contribution in [-0.4, -0.2) is 24.2 Å². The molecule has 2 rings (SSSR count). The van der Waals surface area contributed by atoms with Gasteiger partial charge >= 0.3 is 5.97 Å². The van der Waals surface area contributed by atoms with Crippen LogP contribution in [0.2, 0.25) is 0 Å². The Hall–Kier alpha value is -1.55. The maximum atomic E-state index is 11.4. The van der Waals surface area contributed by atoms with Gasteiger partial charge in [-0.25, -0.2) is 0 Å². The summed E-state index contributed by atoms with van der Waals surface area (Å²) in [4.78, 5) is 11.4. The van der Waals surface area contributed by atoms with E-state index in [-0.39, 0.29) is 18.5 Å². The van der Waals surface area contributed by atoms with Crippen molar-refractivity contribution >= 4 is 11.7 Å². The third-order valence-corrected chi connectivity index (χ3v) is 3.45. The molecule has 1 aromatic carbocycles. The Kier molecular flexibility index (Phi) is 4.20. The van der Waals surface area contributed by atoms with Crippen LogP contribution in [0.1, 0.15) is 24.8 Å². The minimum Gasteiger partial charge on any atom is -0.469 e. The molecule has 0 bridgehead atoms. The first kappa shape index (κ1) is 12.9. The van der Waals surface area contributed by atoms with Crippen molar-refractivity contribution in [2.45, 2.75) is 31.9 Å². The molecule has 1 aliphatic carbocycles. The number of aliphatic hydroxyl groups is 1. The van der Waals surface area contributed by atoms with Gasteiger partial charge in [0.2, 0.25) is 0 Å². The van der Waals surface area contributed by atoms with Crippen molar-refractivity contribution < 1.29 is 14.6 Å². The average Bonchev–Trinajstić information content (AvgIpc) is 2.86. The van der Waals surface area contributed by atoms with Gasteiger partial charge in [0, 0.05) is 11.7 Å². The first-order valence-electron chi connectivity index (χ1n) is 6.27. The molecule has 2 N–H and O–H groups in total. The molecule has 2 atom stereocenters. The van der Waals surface area contributed by atoms with E-state index in [2.05, 4.69) is 5.32 Å². The molecule has 1 saturated carbocycles. The number of ether oxygens (including phenoxy) is 1. The molecule has 0 aromatic heterocycles. The summed E-state index contributed by atoms with van der Waals surface area (Å²) >= 11 is 0. The second-order valence-corrected chi connectivity index (χ2v) is 4.73. The van der Waals surface area contributed by atoms with Gasteiger partial charge in [0.25, 0.3) is 0 Å². The Bertz CT molecular complexity index is 419. The van der Waals surface area contributed by atoms with Gasteiger partial charge in [0.1, 0.15) is 0 Å². The van der Waals surface area contributed by atoms with Gasteiger partial charge in [-0.1, -0.05) is 12.1 Å². The molecule has 98 valence electrons. The number of benzene rings is 1. The molecule has 2 unspecified atom stereocenters. The first-order chi connectivity index (χ1) is 8.72. The molecule has 1 aliphatic rings. The Morgan fingerprint density at radius 3 is 3.06 bits per heavy atom. The van der Waals surface area contributed by atoms with E-state index in [1.807, 2.05) is 24.3 Å². The summed E-state index contributed by atoms with van der Waals surface area (Å²) in [6.07, 6.45) is 2.67. The van der Waals surface area contributed by atoms with Crippen molar-refractivity contribution in [3.05, 3.63) is 29.8 Å². The van der Waals surface area contributed by atoms with Crippen molar-refractivity contribution in [3.8, 4) is 0 Å². The lowest BCUT2D eigenvalue weighted by molar-refractivity contribution is -0.145. The number of esters is 1. The van der Waals surface area contributed by atoms with Crippen LogP contribution in [0, 0.1) is 5.92 Å². The minimum atomic E-state index is -0.108. The van der Waals surface area contributed by atoms with E-state index in [0.717, 1.165) is 30.5 Å². The Morgan fingerprint density at radius 1 is 1.50 bits per heavy atom. The van der Waals surface area contributed by atoms with E-state index in [1.165, 1.54) is 7.11 Å². The van der Waals surface area contributed by atoms with Crippen LogP contribution in [0.15, 0.2) is 24.3 Å². The van der Waals surface area contributed by atoms with Crippen LogP contribution in [0.5, 0.6) is 0 Å². The summed E-state index contributed by atoms with van der Waals surface area (Å²) in [5, 5.41) is 12.5. The number of rotatable bonds is 4. The van der Waals surface area contributed by atoms with Gasteiger partial charge in [-0.05, 0) is 37.0 Å². The SMILES string of the molecule is COC(=O)C1CCC(Nc2cccc(CO)c2)C1. The normalized spacial score (nSPS) is 22.8. The topological polar surface area (TPSA) is 58.6 Å². The fraction of sp³-hybridized carbons (Fsp3) is 0.500. The molecule has 1 aromatic rings. The number of nitrogens with one attached hydrogen (secondary N) is 1. The average molecular weight is 249 g/mol. The van der Waals surface area contributed by atoms with Crippen molar-refractivity contribution in [3.63, 3.8) is 0 Å². The predicted octanol–water partition coefficient (Wildman–Crippen LogP) is 1.93. The van der Waals surface area contributed by atoms with E-state index in [9.17, 15) is 4.79 Å². The van der Waals surface area contributed by atoms with Gasteiger partial charge in [0.15, 0.2) is 0 Å². The largest absolute Gasteiger partial charge is 0.469 e. The van der Waals surface area contributed by atoms with Crippen molar-refractivity contribution in [1.82, 2.24) is 0 Å². The lowest BCUT2D eigenvalue weighted by Gasteiger charge is -2.14. The molecule has 4 heteroatoms. The van der Waals surface area contributed by atoms with E-state index in [0.29, 0.717) is 6.04 Å². The first-order valence-corrected chi connectivity index (χ1v) is 6.27. The maximum absolute atomic E-state index is 11.4. The molecule has 18 heavy (non-hydrogen) atoms. The number of carbonyl (C=O) groups is 1. The molecule has 0 radical (unpaired) electrons. The van der Waals surface area contributed by atoms with Gasteiger partial charge in [0.05, 0.1) is 19.6 Å². The second kappa shape index (κ2) is 5.87. The van der Waals surface area contributed by atoms with Crippen molar-refractivity contribution in [1.29, 1.82) is 0 Å². The fourth-order valence-corrected chi connectivity index (χ4v) is 2.49. The van der Waals surface area contributed by atoms with E-state index in [4.69, 9.17) is 9.84 Å². The summed E-state index contributed by atoms with van der Waals surface area (Å²) in [5.74, 6) is -0.0862. The van der Waals surface area contributed by atoms with Crippen molar-refractivity contribution in [2.24, 2.45) is 5.92 Å². The van der Waals surface area contributed by atoms with Crippen LogP contribution in [0.3, 0.4) is 0 Å². The number of methoxy groups -OCH3 is 1. The number of anilines is 1. The van der Waals surface area contributed by atoms with Crippen LogP contribution in [0.4, 0.5) is 5.69 Å². The highest BCUT2D eigenvalue weighted by atomic mass is 16.5. The predicted molar refractivity (Wildman–Crippen MR) is 69.1 cm³/mol. The summed E-state index contributed by atoms with van der Waals surface area (Å²) in [5.41, 5.74) is 1.89. The highest BCUT2D eigenvalue weighted by Crippen LogP contribution is 2.29. The Morgan fingerprint density at radius 2 is 2.33 bits per heavy atom. The van der Waals surface area contributed by atoms with Gasteiger partial charge in [-0.3, -0.25) is 4.79 Å². The number of aliphatic hydroxyl groups excluding tert-OH is 1. The molecule has 0 aliphatic heterocycles. The van der Waals surface area contributed by atoms with Gasteiger partial charge < -0.3 is 15.2 Å². The quantitative estimate of drug-likeness (QED) is 0.801. The third kappa shape index (κ3) is 3.01. The maximum Gasteiger partial charge on any atom is 0.308 e. The monoisotopic (exact) mass is 249 g/mol. The van der Waals surface area contributed by atoms with Gasteiger partial charge in [-0.15, -0.1) is 0 Å². The van der Waals surface area contributed by atoms with Crippen LogP contribution in [0.25, 0.3) is 0 Å².